The fourth-order valence-corrected chi connectivity index (χ4v) is 3.89. The Balaban J connectivity index is 1.99. The minimum Gasteiger partial charge on any atom is -0.758 e. The molecule has 1 aromatic carbocycles. The van der Waals surface area contributed by atoms with E-state index < -0.39 is 6.04 Å². The first-order valence-electron chi connectivity index (χ1n) is 9.51. The van der Waals surface area contributed by atoms with Gasteiger partial charge < -0.3 is 17.6 Å². The van der Waals surface area contributed by atoms with Crippen LogP contribution in [0.3, 0.4) is 0 Å². The molecule has 0 saturated carbocycles. The van der Waals surface area contributed by atoms with E-state index in [0.717, 1.165) is 19.3 Å². The topological polar surface area (TPSA) is 33.3 Å². The third-order valence-electron chi connectivity index (χ3n) is 5.05. The van der Waals surface area contributed by atoms with E-state index in [2.05, 4.69) is 24.2 Å². The number of hydrogen-bond donors (Lipinski definition) is 0. The van der Waals surface area contributed by atoms with Gasteiger partial charge in [-0.1, -0.05) is 31.2 Å². The highest BCUT2D eigenvalue weighted by Gasteiger charge is 2.29. The zero-order chi connectivity index (χ0) is 18.5. The summed E-state index contributed by atoms with van der Waals surface area (Å²) in [7, 11) is 0. The molecule has 136 valence electrons. The lowest BCUT2D eigenvalue weighted by Crippen LogP contribution is -2.48. The van der Waals surface area contributed by atoms with Crippen LogP contribution in [0.1, 0.15) is 59.8 Å². The van der Waals surface area contributed by atoms with Gasteiger partial charge in [-0.3, -0.25) is 4.79 Å². The predicted molar refractivity (Wildman–Crippen MR) is 108 cm³/mol. The Hall–Kier alpha value is -2.07. The summed E-state index contributed by atoms with van der Waals surface area (Å²) in [5, 5.41) is 0.456. The first-order valence-corrected chi connectivity index (χ1v) is 9.92. The van der Waals surface area contributed by atoms with Gasteiger partial charge in [0.25, 0.3) is 0 Å². The number of aliphatic imine (C=N–C) groups is 1. The summed E-state index contributed by atoms with van der Waals surface area (Å²) in [6, 6.07) is 9.43. The molecule has 0 N–H and O–H groups in total. The third kappa shape index (κ3) is 4.01. The summed E-state index contributed by atoms with van der Waals surface area (Å²) >= 11 is 5.53. The Bertz CT molecular complexity index is 811. The number of rotatable bonds is 6. The van der Waals surface area contributed by atoms with Crippen LogP contribution in [0.25, 0.3) is 0 Å². The van der Waals surface area contributed by atoms with Crippen molar-refractivity contribution < 1.29 is 9.36 Å². The predicted octanol–water partition coefficient (Wildman–Crippen LogP) is 3.80. The molecule has 0 radical (unpaired) electrons. The van der Waals surface area contributed by atoms with Crippen LogP contribution in [-0.2, 0) is 31.9 Å². The van der Waals surface area contributed by atoms with Crippen molar-refractivity contribution in [2.75, 3.05) is 6.54 Å². The summed E-state index contributed by atoms with van der Waals surface area (Å²) < 4.78 is 1.96. The second kappa shape index (κ2) is 8.54. The molecule has 1 heterocycles. The number of aromatic nitrogens is 1. The van der Waals surface area contributed by atoms with Gasteiger partial charge in [0.1, 0.15) is 0 Å². The van der Waals surface area contributed by atoms with E-state index in [-0.39, 0.29) is 5.78 Å². The molecular formula is C22H26N2OS. The normalized spacial score (nSPS) is 15.4. The molecule has 0 amide bonds. The Labute approximate surface area is 161 Å². The molecule has 26 heavy (non-hydrogen) atoms. The smallest absolute Gasteiger partial charge is 0.237 e. The second-order valence-electron chi connectivity index (χ2n) is 6.78. The van der Waals surface area contributed by atoms with Gasteiger partial charge in [-0.15, -0.1) is 0 Å². The van der Waals surface area contributed by atoms with Gasteiger partial charge in [-0.05, 0) is 55.2 Å². The van der Waals surface area contributed by atoms with Crippen molar-refractivity contribution in [2.45, 2.75) is 52.0 Å². The second-order valence-corrected chi connectivity index (χ2v) is 7.20. The Morgan fingerprint density at radius 1 is 1.12 bits per heavy atom. The molecule has 0 saturated heterocycles. The summed E-state index contributed by atoms with van der Waals surface area (Å²) in [6.45, 7) is 4.64. The Morgan fingerprint density at radius 3 is 2.46 bits per heavy atom. The maximum absolute atomic E-state index is 13.3. The van der Waals surface area contributed by atoms with Crippen molar-refractivity contribution in [1.82, 2.24) is 0 Å². The lowest BCUT2D eigenvalue weighted by molar-refractivity contribution is -0.692. The molecular weight excluding hydrogens is 340 g/mol. The molecule has 0 aliphatic heterocycles. The lowest BCUT2D eigenvalue weighted by Gasteiger charge is -2.21. The molecule has 0 bridgehead atoms. The van der Waals surface area contributed by atoms with Crippen LogP contribution in [0.15, 0.2) is 47.7 Å². The maximum Gasteiger partial charge on any atom is 0.237 e. The number of aryl methyl sites for hydroxylation is 3. The number of pyridine rings is 1. The molecule has 1 aliphatic carbocycles. The molecule has 1 aliphatic rings. The fourth-order valence-electron chi connectivity index (χ4n) is 3.53. The number of ketones is 1. The van der Waals surface area contributed by atoms with Gasteiger partial charge in [0.2, 0.25) is 11.8 Å². The molecule has 3 nitrogen and oxygen atoms in total. The van der Waals surface area contributed by atoms with Gasteiger partial charge >= 0.3 is 0 Å². The quantitative estimate of drug-likeness (QED) is 0.256. The van der Waals surface area contributed by atoms with Crippen molar-refractivity contribution in [2.24, 2.45) is 4.99 Å². The largest absolute Gasteiger partial charge is 0.758 e. The summed E-state index contributed by atoms with van der Waals surface area (Å²) in [5.74, 6) is 0.00983. The highest BCUT2D eigenvalue weighted by molar-refractivity contribution is 7.77. The molecule has 1 atom stereocenters. The molecule has 2 aromatic rings. The Morgan fingerprint density at radius 2 is 1.81 bits per heavy atom. The summed E-state index contributed by atoms with van der Waals surface area (Å²) in [6.07, 6.45) is 9.70. The van der Waals surface area contributed by atoms with Crippen LogP contribution in [0, 0.1) is 0 Å². The van der Waals surface area contributed by atoms with E-state index in [1.165, 1.54) is 29.5 Å². The SMILES string of the molecule is CCN=C([S-])[C@H](C(=O)c1ccc(CC)cc1)[n+]1ccc2c(c1)CCCC2. The summed E-state index contributed by atoms with van der Waals surface area (Å²) in [4.78, 5) is 17.6. The van der Waals surface area contributed by atoms with E-state index in [1.54, 1.807) is 0 Å². The highest BCUT2D eigenvalue weighted by atomic mass is 32.1. The van der Waals surface area contributed by atoms with Gasteiger partial charge in [-0.25, -0.2) is 0 Å². The zero-order valence-corrected chi connectivity index (χ0v) is 16.4. The number of carbonyl (C=O) groups is 1. The maximum atomic E-state index is 13.3. The first-order chi connectivity index (χ1) is 12.6. The molecule has 0 fully saturated rings. The first kappa shape index (κ1) is 18.7. The minimum absolute atomic E-state index is 0.00983. The molecule has 1 aromatic heterocycles. The minimum atomic E-state index is -0.551. The van der Waals surface area contributed by atoms with Gasteiger partial charge in [-0.2, -0.15) is 4.57 Å². The van der Waals surface area contributed by atoms with Crippen LogP contribution in [0.4, 0.5) is 0 Å². The zero-order valence-electron chi connectivity index (χ0n) is 15.6. The lowest BCUT2D eigenvalue weighted by atomic mass is 9.93. The van der Waals surface area contributed by atoms with E-state index in [4.69, 9.17) is 12.6 Å². The van der Waals surface area contributed by atoms with Crippen LogP contribution < -0.4 is 4.57 Å². The van der Waals surface area contributed by atoms with E-state index >= 15 is 0 Å². The highest BCUT2D eigenvalue weighted by Crippen LogP contribution is 2.20. The number of nitrogens with zero attached hydrogens (tertiary/aromatic N) is 2. The van der Waals surface area contributed by atoms with Crippen molar-refractivity contribution in [3.8, 4) is 0 Å². The van der Waals surface area contributed by atoms with Crippen molar-refractivity contribution in [1.29, 1.82) is 0 Å². The van der Waals surface area contributed by atoms with Crippen LogP contribution in [0.5, 0.6) is 0 Å². The number of carbonyl (C=O) groups excluding carboxylic acids is 1. The van der Waals surface area contributed by atoms with E-state index in [1.807, 2.05) is 42.0 Å². The molecule has 0 spiro atoms. The number of Topliss-reactive ketones (excluding diaryl/α,β-unsaturated/α-hetero) is 1. The standard InChI is InChI=1S/C22H26N2OS/c1-3-16-9-11-18(12-10-16)21(25)20(22(26)23-4-2)24-14-13-17-7-5-6-8-19(17)15-24/h9-15,20H,3-8H2,1-2H3/t20-/m0/s1. The number of fused-ring (bicyclic) bond motifs is 1. The van der Waals surface area contributed by atoms with Gasteiger partial charge in [0, 0.05) is 23.7 Å². The van der Waals surface area contributed by atoms with Crippen molar-refractivity contribution >= 4 is 23.5 Å². The molecule has 4 heteroatoms. The van der Waals surface area contributed by atoms with E-state index in [0.29, 0.717) is 17.2 Å². The number of benzene rings is 1. The third-order valence-corrected chi connectivity index (χ3v) is 5.40. The van der Waals surface area contributed by atoms with Crippen LogP contribution >= 0.6 is 0 Å². The van der Waals surface area contributed by atoms with Gasteiger partial charge in [0.05, 0.1) is 0 Å². The fraction of sp³-hybridized carbons (Fsp3) is 0.409. The molecule has 3 rings (SSSR count). The summed E-state index contributed by atoms with van der Waals surface area (Å²) in [5.41, 5.74) is 4.63. The van der Waals surface area contributed by atoms with E-state index in [9.17, 15) is 4.79 Å². The van der Waals surface area contributed by atoms with Crippen LogP contribution in [-0.4, -0.2) is 17.4 Å². The number of hydrogen-bond acceptors (Lipinski definition) is 3. The van der Waals surface area contributed by atoms with Crippen LogP contribution in [0.2, 0.25) is 0 Å². The Kier molecular flexibility index (Phi) is 6.15. The van der Waals surface area contributed by atoms with Gasteiger partial charge in [0.15, 0.2) is 12.4 Å². The molecule has 0 unspecified atom stereocenters. The average molecular weight is 367 g/mol. The van der Waals surface area contributed by atoms with Crippen molar-refractivity contribution in [3.05, 3.63) is 65.0 Å². The van der Waals surface area contributed by atoms with Crippen molar-refractivity contribution in [3.63, 3.8) is 0 Å². The average Bonchev–Trinajstić information content (AvgIpc) is 2.68. The monoisotopic (exact) mass is 366 g/mol.